The number of piperazine rings is 1. The molecule has 0 spiro atoms. The highest BCUT2D eigenvalue weighted by atomic mass is 35.5. The summed E-state index contributed by atoms with van der Waals surface area (Å²) in [5.74, 6) is 0. The van der Waals surface area contributed by atoms with Crippen molar-refractivity contribution in [1.29, 1.82) is 0 Å². The fourth-order valence-electron chi connectivity index (χ4n) is 2.77. The Balaban J connectivity index is 0.00000161. The highest BCUT2D eigenvalue weighted by molar-refractivity contribution is 6.36. The molecule has 1 N–H and O–H groups in total. The van der Waals surface area contributed by atoms with Crippen LogP contribution in [0, 0.1) is 13.8 Å². The zero-order valence-corrected chi connectivity index (χ0v) is 14.4. The zero-order valence-electron chi connectivity index (χ0n) is 12.0. The Labute approximate surface area is 141 Å². The van der Waals surface area contributed by atoms with Crippen LogP contribution >= 0.6 is 35.6 Å². The SMILES string of the molecule is Cc1nc2c(C)cc(Cl)cc2c(N2CCNCC2)c1Cl.Cl. The van der Waals surface area contributed by atoms with Crippen LogP contribution in [0.5, 0.6) is 0 Å². The van der Waals surface area contributed by atoms with Crippen molar-refractivity contribution in [2.75, 3.05) is 31.1 Å². The van der Waals surface area contributed by atoms with Gasteiger partial charge in [-0.25, -0.2) is 0 Å². The molecule has 0 unspecified atom stereocenters. The van der Waals surface area contributed by atoms with Gasteiger partial charge in [0.25, 0.3) is 0 Å². The molecule has 0 atom stereocenters. The lowest BCUT2D eigenvalue weighted by molar-refractivity contribution is 0.590. The van der Waals surface area contributed by atoms with Gasteiger partial charge in [0, 0.05) is 36.6 Å². The largest absolute Gasteiger partial charge is 0.367 e. The molecule has 1 aromatic heterocycles. The predicted molar refractivity (Wildman–Crippen MR) is 93.6 cm³/mol. The lowest BCUT2D eigenvalue weighted by atomic mass is 10.1. The second kappa shape index (κ2) is 6.57. The summed E-state index contributed by atoms with van der Waals surface area (Å²) in [7, 11) is 0. The van der Waals surface area contributed by atoms with Crippen LogP contribution in [0.25, 0.3) is 10.9 Å². The number of aromatic nitrogens is 1. The van der Waals surface area contributed by atoms with Crippen LogP contribution in [-0.4, -0.2) is 31.2 Å². The third-order valence-corrected chi connectivity index (χ3v) is 4.43. The van der Waals surface area contributed by atoms with Gasteiger partial charge in [0.15, 0.2) is 0 Å². The molecule has 1 fully saturated rings. The first kappa shape index (κ1) is 16.6. The number of nitrogens with one attached hydrogen (secondary N) is 1. The smallest absolute Gasteiger partial charge is 0.0858 e. The maximum absolute atomic E-state index is 6.54. The molecular weight excluding hydrogens is 329 g/mol. The van der Waals surface area contributed by atoms with Crippen LogP contribution in [-0.2, 0) is 0 Å². The number of rotatable bonds is 1. The summed E-state index contributed by atoms with van der Waals surface area (Å²) < 4.78 is 0. The van der Waals surface area contributed by atoms with Crippen LogP contribution in [0.1, 0.15) is 11.3 Å². The van der Waals surface area contributed by atoms with Crippen molar-refractivity contribution >= 4 is 52.2 Å². The van der Waals surface area contributed by atoms with E-state index in [9.17, 15) is 0 Å². The molecular formula is C15H18Cl3N3. The Bertz CT molecular complexity index is 667. The van der Waals surface area contributed by atoms with Gasteiger partial charge in [0.05, 0.1) is 21.9 Å². The van der Waals surface area contributed by atoms with Gasteiger partial charge in [-0.3, -0.25) is 4.98 Å². The number of aryl methyl sites for hydroxylation is 2. The number of pyridine rings is 1. The van der Waals surface area contributed by atoms with E-state index in [-0.39, 0.29) is 12.4 Å². The van der Waals surface area contributed by atoms with Gasteiger partial charge in [-0.1, -0.05) is 23.2 Å². The molecule has 1 aliphatic heterocycles. The standard InChI is InChI=1S/C15H17Cl2N3.ClH/c1-9-7-11(16)8-12-14(9)19-10(2)13(17)15(12)20-5-3-18-4-6-20;/h7-8,18H,3-6H2,1-2H3;1H. The van der Waals surface area contributed by atoms with Crippen molar-refractivity contribution in [3.05, 3.63) is 33.4 Å². The van der Waals surface area contributed by atoms with Crippen molar-refractivity contribution in [3.63, 3.8) is 0 Å². The van der Waals surface area contributed by atoms with Crippen LogP contribution in [0.4, 0.5) is 5.69 Å². The quantitative estimate of drug-likeness (QED) is 0.846. The Hall–Kier alpha value is -0.740. The lowest BCUT2D eigenvalue weighted by Crippen LogP contribution is -2.43. The molecule has 0 aliphatic carbocycles. The average molecular weight is 347 g/mol. The number of nitrogens with zero attached hydrogens (tertiary/aromatic N) is 2. The molecule has 1 aliphatic rings. The molecule has 0 bridgehead atoms. The van der Waals surface area contributed by atoms with Crippen LogP contribution < -0.4 is 10.2 Å². The van der Waals surface area contributed by atoms with E-state index in [1.807, 2.05) is 26.0 Å². The summed E-state index contributed by atoms with van der Waals surface area (Å²) in [5, 5.41) is 5.88. The summed E-state index contributed by atoms with van der Waals surface area (Å²) in [6.07, 6.45) is 0. The van der Waals surface area contributed by atoms with Gasteiger partial charge in [-0.2, -0.15) is 0 Å². The molecule has 0 amide bonds. The highest BCUT2D eigenvalue weighted by Crippen LogP contribution is 2.38. The first-order chi connectivity index (χ1) is 9.58. The maximum Gasteiger partial charge on any atom is 0.0858 e. The minimum absolute atomic E-state index is 0. The van der Waals surface area contributed by atoms with E-state index in [0.29, 0.717) is 0 Å². The van der Waals surface area contributed by atoms with Gasteiger partial charge < -0.3 is 10.2 Å². The molecule has 2 heterocycles. The van der Waals surface area contributed by atoms with E-state index >= 15 is 0 Å². The third-order valence-electron chi connectivity index (χ3n) is 3.76. The molecule has 3 rings (SSSR count). The third kappa shape index (κ3) is 3.07. The lowest BCUT2D eigenvalue weighted by Gasteiger charge is -2.31. The molecule has 6 heteroatoms. The topological polar surface area (TPSA) is 28.2 Å². The van der Waals surface area contributed by atoms with E-state index in [0.717, 1.165) is 64.1 Å². The van der Waals surface area contributed by atoms with Crippen LogP contribution in [0.15, 0.2) is 12.1 Å². The summed E-state index contributed by atoms with van der Waals surface area (Å²) >= 11 is 12.8. The van der Waals surface area contributed by atoms with E-state index in [4.69, 9.17) is 23.2 Å². The molecule has 0 radical (unpaired) electrons. The summed E-state index contributed by atoms with van der Waals surface area (Å²) in [5.41, 5.74) is 4.02. The first-order valence-corrected chi connectivity index (χ1v) is 7.55. The van der Waals surface area contributed by atoms with E-state index in [1.165, 1.54) is 0 Å². The average Bonchev–Trinajstić information content (AvgIpc) is 2.42. The van der Waals surface area contributed by atoms with Crippen molar-refractivity contribution in [2.45, 2.75) is 13.8 Å². The first-order valence-electron chi connectivity index (χ1n) is 6.79. The minimum atomic E-state index is 0. The Morgan fingerprint density at radius 1 is 1.14 bits per heavy atom. The fourth-order valence-corrected chi connectivity index (χ4v) is 3.30. The Morgan fingerprint density at radius 3 is 2.48 bits per heavy atom. The molecule has 1 aromatic carbocycles. The van der Waals surface area contributed by atoms with Crippen molar-refractivity contribution < 1.29 is 0 Å². The minimum Gasteiger partial charge on any atom is -0.367 e. The molecule has 114 valence electrons. The molecule has 3 nitrogen and oxygen atoms in total. The normalized spacial score (nSPS) is 15.1. The van der Waals surface area contributed by atoms with Gasteiger partial charge >= 0.3 is 0 Å². The zero-order chi connectivity index (χ0) is 14.3. The number of hydrogen-bond acceptors (Lipinski definition) is 3. The summed E-state index contributed by atoms with van der Waals surface area (Å²) in [4.78, 5) is 6.96. The fraction of sp³-hybridized carbons (Fsp3) is 0.400. The molecule has 1 saturated heterocycles. The van der Waals surface area contributed by atoms with Crippen molar-refractivity contribution in [2.24, 2.45) is 0 Å². The van der Waals surface area contributed by atoms with Crippen molar-refractivity contribution in [3.8, 4) is 0 Å². The van der Waals surface area contributed by atoms with E-state index < -0.39 is 0 Å². The molecule has 2 aromatic rings. The summed E-state index contributed by atoms with van der Waals surface area (Å²) in [6, 6.07) is 3.92. The van der Waals surface area contributed by atoms with Crippen molar-refractivity contribution in [1.82, 2.24) is 10.3 Å². The highest BCUT2D eigenvalue weighted by Gasteiger charge is 2.20. The number of halogens is 3. The Morgan fingerprint density at radius 2 is 1.81 bits per heavy atom. The monoisotopic (exact) mass is 345 g/mol. The molecule has 0 saturated carbocycles. The Kier molecular flexibility index (Phi) is 5.20. The maximum atomic E-state index is 6.54. The van der Waals surface area contributed by atoms with Crippen LogP contribution in [0.2, 0.25) is 10.0 Å². The van der Waals surface area contributed by atoms with Gasteiger partial charge in [0.2, 0.25) is 0 Å². The van der Waals surface area contributed by atoms with E-state index in [2.05, 4.69) is 15.2 Å². The number of hydrogen-bond donors (Lipinski definition) is 1. The number of benzene rings is 1. The number of fused-ring (bicyclic) bond motifs is 1. The van der Waals surface area contributed by atoms with Gasteiger partial charge in [0.1, 0.15) is 0 Å². The second-order valence-corrected chi connectivity index (χ2v) is 6.03. The van der Waals surface area contributed by atoms with Gasteiger partial charge in [-0.05, 0) is 31.5 Å². The number of anilines is 1. The molecule has 21 heavy (non-hydrogen) atoms. The van der Waals surface area contributed by atoms with Gasteiger partial charge in [-0.15, -0.1) is 12.4 Å². The second-order valence-electron chi connectivity index (χ2n) is 5.22. The van der Waals surface area contributed by atoms with E-state index in [1.54, 1.807) is 0 Å². The van der Waals surface area contributed by atoms with Crippen LogP contribution in [0.3, 0.4) is 0 Å². The summed E-state index contributed by atoms with van der Waals surface area (Å²) in [6.45, 7) is 7.84. The predicted octanol–water partition coefficient (Wildman–Crippen LogP) is 3.99.